The number of sulfonamides is 1. The van der Waals surface area contributed by atoms with Gasteiger partial charge in [0.25, 0.3) is 15.9 Å². The summed E-state index contributed by atoms with van der Waals surface area (Å²) in [5.41, 5.74) is 4.31. The molecule has 0 radical (unpaired) electrons. The van der Waals surface area contributed by atoms with Gasteiger partial charge in [-0.05, 0) is 64.0 Å². The lowest BCUT2D eigenvalue weighted by molar-refractivity contribution is 0.0955. The number of rotatable bonds is 6. The van der Waals surface area contributed by atoms with Crippen molar-refractivity contribution in [3.05, 3.63) is 120 Å². The average molecular weight is 494 g/mol. The van der Waals surface area contributed by atoms with Crippen LogP contribution in [0.3, 0.4) is 0 Å². The number of hydrogen-bond acceptors (Lipinski definition) is 4. The summed E-state index contributed by atoms with van der Waals surface area (Å²) < 4.78 is 26.9. The fraction of sp³-hybridized carbons (Fsp3) is 0.0345. The van der Waals surface area contributed by atoms with Crippen LogP contribution in [-0.2, 0) is 10.0 Å². The minimum atomic E-state index is -3.70. The molecule has 1 N–H and O–H groups in total. The zero-order valence-corrected chi connectivity index (χ0v) is 20.3. The Balaban J connectivity index is 1.35. The molecule has 0 fully saturated rings. The predicted molar refractivity (Wildman–Crippen MR) is 145 cm³/mol. The monoisotopic (exact) mass is 493 g/mol. The summed E-state index contributed by atoms with van der Waals surface area (Å²) >= 11 is 0. The zero-order valence-electron chi connectivity index (χ0n) is 19.5. The van der Waals surface area contributed by atoms with Crippen molar-refractivity contribution in [3.8, 4) is 0 Å². The molecule has 178 valence electrons. The van der Waals surface area contributed by atoms with Gasteiger partial charge in [-0.2, -0.15) is 5.10 Å². The zero-order chi connectivity index (χ0) is 25.1. The van der Waals surface area contributed by atoms with Crippen LogP contribution >= 0.6 is 0 Å². The van der Waals surface area contributed by atoms with Crippen molar-refractivity contribution in [2.45, 2.75) is 4.90 Å². The van der Waals surface area contributed by atoms with Crippen LogP contribution in [0.1, 0.15) is 15.9 Å². The molecule has 1 amide bonds. The summed E-state index contributed by atoms with van der Waals surface area (Å²) in [6.07, 6.45) is 1.66. The third kappa shape index (κ3) is 4.44. The van der Waals surface area contributed by atoms with Gasteiger partial charge in [0.15, 0.2) is 0 Å². The molecule has 0 aliphatic carbocycles. The molecular formula is C29H23N3O3S. The summed E-state index contributed by atoms with van der Waals surface area (Å²) in [4.78, 5) is 12.9. The number of anilines is 1. The van der Waals surface area contributed by atoms with Crippen molar-refractivity contribution in [1.82, 2.24) is 5.43 Å². The molecule has 0 unspecified atom stereocenters. The van der Waals surface area contributed by atoms with E-state index in [0.717, 1.165) is 27.1 Å². The van der Waals surface area contributed by atoms with E-state index in [-0.39, 0.29) is 4.90 Å². The molecule has 0 aliphatic heterocycles. The number of carbonyl (C=O) groups excluding carboxylic acids is 1. The van der Waals surface area contributed by atoms with Crippen LogP contribution in [-0.4, -0.2) is 27.6 Å². The number of fused-ring (bicyclic) bond motifs is 2. The normalized spacial score (nSPS) is 11.7. The van der Waals surface area contributed by atoms with Crippen molar-refractivity contribution in [2.75, 3.05) is 11.4 Å². The Labute approximate surface area is 209 Å². The van der Waals surface area contributed by atoms with E-state index in [1.807, 2.05) is 48.5 Å². The molecule has 0 heterocycles. The number of nitrogens with one attached hydrogen (secondary N) is 1. The smallest absolute Gasteiger partial charge is 0.269 e. The highest BCUT2D eigenvalue weighted by Gasteiger charge is 2.21. The standard InChI is InChI=1S/C29H23N3O3S/c1-32(36(34,35)25-11-3-2-4-12-25)24-17-15-21(16-18-24)29(33)31-30-20-28-26-13-7-5-9-22(26)19-23-10-6-8-14-27(23)28/h2-20H,1H3,(H,31,33)/b30-20+. The molecule has 7 heteroatoms. The third-order valence-electron chi connectivity index (χ3n) is 6.07. The fourth-order valence-corrected chi connectivity index (χ4v) is 5.34. The first kappa shape index (κ1) is 23.3. The largest absolute Gasteiger partial charge is 0.271 e. The van der Waals surface area contributed by atoms with Crippen molar-refractivity contribution in [2.24, 2.45) is 5.10 Å². The Bertz CT molecular complexity index is 1640. The van der Waals surface area contributed by atoms with Crippen LogP contribution in [0.25, 0.3) is 21.5 Å². The lowest BCUT2D eigenvalue weighted by Gasteiger charge is -2.19. The molecule has 6 nitrogen and oxygen atoms in total. The highest BCUT2D eigenvalue weighted by molar-refractivity contribution is 7.92. The second kappa shape index (κ2) is 9.64. The lowest BCUT2D eigenvalue weighted by atomic mass is 9.97. The molecule has 0 bridgehead atoms. The first-order valence-corrected chi connectivity index (χ1v) is 12.8. The molecule has 5 aromatic rings. The van der Waals surface area contributed by atoms with Gasteiger partial charge >= 0.3 is 0 Å². The number of carbonyl (C=O) groups is 1. The molecule has 0 saturated carbocycles. The van der Waals surface area contributed by atoms with Gasteiger partial charge in [0, 0.05) is 18.2 Å². The van der Waals surface area contributed by atoms with Gasteiger partial charge in [-0.25, -0.2) is 13.8 Å². The van der Waals surface area contributed by atoms with Gasteiger partial charge in [-0.3, -0.25) is 9.10 Å². The van der Waals surface area contributed by atoms with Crippen molar-refractivity contribution in [1.29, 1.82) is 0 Å². The Hall–Kier alpha value is -4.49. The van der Waals surface area contributed by atoms with Crippen LogP contribution in [0.5, 0.6) is 0 Å². The second-order valence-electron chi connectivity index (χ2n) is 8.26. The lowest BCUT2D eigenvalue weighted by Crippen LogP contribution is -2.26. The van der Waals surface area contributed by atoms with Gasteiger partial charge in [-0.1, -0.05) is 66.7 Å². The average Bonchev–Trinajstić information content (AvgIpc) is 2.92. The maximum Gasteiger partial charge on any atom is 0.271 e. The summed E-state index contributed by atoms with van der Waals surface area (Å²) in [5.74, 6) is -0.393. The Morgan fingerprint density at radius 1 is 0.778 bits per heavy atom. The van der Waals surface area contributed by atoms with Crippen LogP contribution in [0.4, 0.5) is 5.69 Å². The molecule has 0 aliphatic rings. The highest BCUT2D eigenvalue weighted by atomic mass is 32.2. The second-order valence-corrected chi connectivity index (χ2v) is 10.2. The molecule has 0 aromatic heterocycles. The van der Waals surface area contributed by atoms with Gasteiger partial charge in [-0.15, -0.1) is 0 Å². The van der Waals surface area contributed by atoms with E-state index in [0.29, 0.717) is 11.3 Å². The SMILES string of the molecule is CN(c1ccc(C(=O)N/N=C/c2c3ccccc3cc3ccccc23)cc1)S(=O)(=O)c1ccccc1. The van der Waals surface area contributed by atoms with Crippen LogP contribution in [0.2, 0.25) is 0 Å². The van der Waals surface area contributed by atoms with Crippen LogP contribution in [0.15, 0.2) is 119 Å². The third-order valence-corrected chi connectivity index (χ3v) is 7.87. The van der Waals surface area contributed by atoms with E-state index in [4.69, 9.17) is 0 Å². The number of hydrogen-bond donors (Lipinski definition) is 1. The Morgan fingerprint density at radius 3 is 1.94 bits per heavy atom. The molecule has 5 rings (SSSR count). The van der Waals surface area contributed by atoms with E-state index in [1.165, 1.54) is 11.4 Å². The summed E-state index contributed by atoms with van der Waals surface area (Å²) in [5, 5.41) is 8.49. The highest BCUT2D eigenvalue weighted by Crippen LogP contribution is 2.27. The van der Waals surface area contributed by atoms with E-state index in [1.54, 1.807) is 60.8 Å². The molecule has 0 atom stereocenters. The summed E-state index contributed by atoms with van der Waals surface area (Å²) in [7, 11) is -2.21. The van der Waals surface area contributed by atoms with Gasteiger partial charge in [0.2, 0.25) is 0 Å². The van der Waals surface area contributed by atoms with Crippen LogP contribution < -0.4 is 9.73 Å². The molecule has 36 heavy (non-hydrogen) atoms. The maximum atomic E-state index is 12.8. The van der Waals surface area contributed by atoms with Gasteiger partial charge in [0.1, 0.15) is 0 Å². The minimum absolute atomic E-state index is 0.199. The summed E-state index contributed by atoms with van der Waals surface area (Å²) in [6, 6.07) is 32.8. The van der Waals surface area contributed by atoms with Crippen molar-refractivity contribution in [3.63, 3.8) is 0 Å². The fourth-order valence-electron chi connectivity index (χ4n) is 4.12. The van der Waals surface area contributed by atoms with Crippen molar-refractivity contribution < 1.29 is 13.2 Å². The van der Waals surface area contributed by atoms with E-state index >= 15 is 0 Å². The van der Waals surface area contributed by atoms with Gasteiger partial charge in [0.05, 0.1) is 16.8 Å². The first-order valence-electron chi connectivity index (χ1n) is 11.3. The van der Waals surface area contributed by atoms with Crippen molar-refractivity contribution >= 4 is 49.4 Å². The molecule has 5 aromatic carbocycles. The molecular weight excluding hydrogens is 470 g/mol. The van der Waals surface area contributed by atoms with E-state index < -0.39 is 15.9 Å². The maximum absolute atomic E-state index is 12.8. The number of amides is 1. The quantitative estimate of drug-likeness (QED) is 0.190. The van der Waals surface area contributed by atoms with E-state index in [9.17, 15) is 13.2 Å². The minimum Gasteiger partial charge on any atom is -0.269 e. The first-order chi connectivity index (χ1) is 17.4. The molecule has 0 saturated heterocycles. The van der Waals surface area contributed by atoms with Gasteiger partial charge < -0.3 is 0 Å². The summed E-state index contributed by atoms with van der Waals surface area (Å²) in [6.45, 7) is 0. The Kier molecular flexibility index (Phi) is 6.23. The topological polar surface area (TPSA) is 78.8 Å². The molecule has 0 spiro atoms. The predicted octanol–water partition coefficient (Wildman–Crippen LogP) is 5.58. The number of nitrogens with zero attached hydrogens (tertiary/aromatic N) is 2. The number of hydrazone groups is 1. The van der Waals surface area contributed by atoms with Crippen LogP contribution in [0, 0.1) is 0 Å². The Morgan fingerprint density at radius 2 is 1.33 bits per heavy atom. The van der Waals surface area contributed by atoms with E-state index in [2.05, 4.69) is 16.6 Å². The number of benzene rings is 5.